The van der Waals surface area contributed by atoms with Gasteiger partial charge in [-0.15, -0.1) is 0 Å². The normalized spacial score (nSPS) is 21.2. The van der Waals surface area contributed by atoms with E-state index in [4.69, 9.17) is 49.1 Å². The Morgan fingerprint density at radius 3 is 1.05 bits per heavy atom. The third-order valence-corrected chi connectivity index (χ3v) is 29.9. The van der Waals surface area contributed by atoms with E-state index in [2.05, 4.69) is 52.0 Å². The number of aliphatic hydroxyl groups excluding tert-OH is 1. The number of quaternary nitrogens is 1. The summed E-state index contributed by atoms with van der Waals surface area (Å²) in [5, 5.41) is 23.0. The van der Waals surface area contributed by atoms with Gasteiger partial charge in [-0.2, -0.15) is 15.0 Å². The molecule has 40 heteroatoms. The van der Waals surface area contributed by atoms with Crippen molar-refractivity contribution in [2.24, 2.45) is 23.5 Å². The number of ether oxygens (including phenoxy) is 6. The summed E-state index contributed by atoms with van der Waals surface area (Å²) in [6.45, 7) is 5.70. The second-order valence-corrected chi connectivity index (χ2v) is 45.5. The average molecular weight is 1970 g/mol. The molecule has 3 aliphatic carbocycles. The van der Waals surface area contributed by atoms with Gasteiger partial charge in [0.15, 0.2) is 0 Å². The second-order valence-electron chi connectivity index (χ2n) is 38.7. The van der Waals surface area contributed by atoms with Crippen LogP contribution in [0.4, 0.5) is 17.8 Å². The second kappa shape index (κ2) is 47.2. The number of amides is 3. The Kier molecular flexibility index (Phi) is 35.1. The van der Waals surface area contributed by atoms with Gasteiger partial charge in [0, 0.05) is 199 Å². The molecule has 3 saturated carbocycles. The molecule has 4 saturated heterocycles. The van der Waals surface area contributed by atoms with Gasteiger partial charge in [0.05, 0.1) is 100 Å². The Morgan fingerprint density at radius 2 is 0.754 bits per heavy atom. The molecule has 37 nitrogen and oxygen atoms in total. The van der Waals surface area contributed by atoms with E-state index in [-0.39, 0.29) is 108 Å². The molecule has 2 atom stereocenters. The number of aliphatic hydroxyl groups is 1. The minimum absolute atomic E-state index is 0.00229. The van der Waals surface area contributed by atoms with E-state index >= 15 is 0 Å². The van der Waals surface area contributed by atoms with Crippen LogP contribution in [0.1, 0.15) is 148 Å². The van der Waals surface area contributed by atoms with Crippen molar-refractivity contribution >= 4 is 116 Å². The van der Waals surface area contributed by atoms with E-state index in [1.807, 2.05) is 150 Å². The van der Waals surface area contributed by atoms with Crippen molar-refractivity contribution in [3.8, 4) is 34.7 Å². The van der Waals surface area contributed by atoms with Crippen molar-refractivity contribution < 1.29 is 92.0 Å². The van der Waals surface area contributed by atoms with Crippen LogP contribution in [-0.2, 0) is 72.5 Å². The molecule has 138 heavy (non-hydrogen) atoms. The van der Waals surface area contributed by atoms with Crippen LogP contribution in [0.3, 0.4) is 0 Å². The van der Waals surface area contributed by atoms with Crippen LogP contribution in [0, 0.1) is 17.8 Å². The van der Waals surface area contributed by atoms with Crippen molar-refractivity contribution in [1.82, 2.24) is 63.2 Å². The number of likely N-dealkylation sites (N-methyl/N-ethyl adjacent to an activating group) is 1. The molecule has 7 aliphatic rings. The number of sulfone groups is 3. The Hall–Kier alpha value is -11.2. The highest BCUT2D eigenvalue weighted by Crippen LogP contribution is 2.37. The lowest BCUT2D eigenvalue weighted by Crippen LogP contribution is -2.46. The number of aromatic nitrogens is 9. The maximum Gasteiger partial charge on any atom is 0.323 e. The molecule has 3 aromatic carbocycles. The van der Waals surface area contributed by atoms with E-state index in [1.165, 1.54) is 18.8 Å². The van der Waals surface area contributed by atoms with E-state index < -0.39 is 47.6 Å². The summed E-state index contributed by atoms with van der Waals surface area (Å²) in [5.74, 6) is 5.90. The summed E-state index contributed by atoms with van der Waals surface area (Å²) in [6.07, 6.45) is 29.7. The fourth-order valence-electron chi connectivity index (χ4n) is 19.3. The van der Waals surface area contributed by atoms with Gasteiger partial charge in [0.25, 0.3) is 0 Å². The number of rotatable bonds is 35. The summed E-state index contributed by atoms with van der Waals surface area (Å²) in [6, 6.07) is 28.9. The smallest absolute Gasteiger partial charge is 0.323 e. The largest absolute Gasteiger partial charge is 0.493 e. The fourth-order valence-corrected chi connectivity index (χ4v) is 21.2. The zero-order chi connectivity index (χ0) is 97.8. The zero-order valence-corrected chi connectivity index (χ0v) is 82.7. The first kappa shape index (κ1) is 103. The molecule has 7 fully saturated rings. The lowest BCUT2D eigenvalue weighted by molar-refractivity contribution is -0.869. The third kappa shape index (κ3) is 29.2. The van der Waals surface area contributed by atoms with Crippen LogP contribution < -0.4 is 35.9 Å². The van der Waals surface area contributed by atoms with Crippen LogP contribution >= 0.6 is 0 Å². The van der Waals surface area contributed by atoms with E-state index in [0.29, 0.717) is 183 Å². The Morgan fingerprint density at radius 1 is 0.435 bits per heavy atom. The monoisotopic (exact) mass is 1960 g/mol. The summed E-state index contributed by atoms with van der Waals surface area (Å²) in [7, 11) is -1.07. The summed E-state index contributed by atoms with van der Waals surface area (Å²) in [4.78, 5) is 111. The number of benzene rings is 3. The lowest BCUT2D eigenvalue weighted by Gasteiger charge is -2.36. The number of carbonyl (C=O) groups excluding carboxylic acids is 6. The molecule has 1 unspecified atom stereocenters. The Labute approximate surface area is 807 Å². The molecule has 10 heterocycles. The molecule has 16 rings (SSSR count). The van der Waals surface area contributed by atoms with Gasteiger partial charge < -0.3 is 88.1 Å². The predicted molar refractivity (Wildman–Crippen MR) is 525 cm³/mol. The van der Waals surface area contributed by atoms with Crippen LogP contribution in [0.15, 0.2) is 128 Å². The van der Waals surface area contributed by atoms with E-state index in [0.717, 1.165) is 127 Å². The van der Waals surface area contributed by atoms with Crippen LogP contribution in [0.5, 0.6) is 17.2 Å². The standard InChI is InChI=1S/C34H46N6O7S.C34H49N6O6S.C30H40N6O6S/c1-38-22-25(41)21-29(38)33(43)47-26-12-16-39(17-13-26)32(42)23-7-9-24(10-8-23)36-34-35-15-11-31(37-34)40-18-14-27-28(40)5-3-6-30(27)46-19-4-20-48(2,44)45;1-40(2,3)22-17-32(41)46-27-14-19-38(20-15-27)33(42)25-9-11-26(12-10-25)36-34-35-18-13-31(37-34)39-21-16-28-29(39)7-5-8-30(28)45-23-6-24-47(4,43)44;1-43(39,40)19-3-18-41-26-5-2-4-25-24(26)13-17-36(25)27-10-14-32-30(34-27)33-22-8-6-21(7-9-22)29(38)35-15-11-23(12-16-35)42-28(37)20-31/h3,5-6,11,14-15,18,23-26,29,41H,4,7-10,12-13,16-17,19-22H2,1-2H3,(H,35,36,37);5,7-8,13,16,18,21,25-27H,6,9-12,14-15,17,19-20,22-24H2,1-4H3,(H,35,36,37);2,4-5,10,13-14,17,21-23H,3,6-9,11-12,15-16,18-20,31H2,1H3,(H,32,33,34)/q;+1;/t23?,24?,25?,29-;;/m0../s1. The molecule has 0 spiro atoms. The average Bonchev–Trinajstić information content (AvgIpc) is 1.65. The number of β-amino-alcohol motifs (C(OH)–C–C–N with tert-alkyl or cyclic N) is 1. The number of nitrogens with zero attached hydrogens (tertiary/aromatic N) is 14. The number of carbonyl (C=O) groups is 6. The van der Waals surface area contributed by atoms with Crippen LogP contribution in [-0.4, -0.2) is 325 Å². The molecule has 0 radical (unpaired) electrons. The molecule has 6 aromatic heterocycles. The van der Waals surface area contributed by atoms with Gasteiger partial charge in [-0.1, -0.05) is 18.2 Å². The molecule has 4 aliphatic heterocycles. The van der Waals surface area contributed by atoms with E-state index in [1.54, 1.807) is 18.6 Å². The topological polar surface area (TPSA) is 448 Å². The number of esters is 3. The maximum absolute atomic E-state index is 13.4. The highest BCUT2D eigenvalue weighted by atomic mass is 32.2. The summed E-state index contributed by atoms with van der Waals surface area (Å²) in [5.41, 5.74) is 8.10. The van der Waals surface area contributed by atoms with E-state index in [9.17, 15) is 59.1 Å². The number of nitrogens with one attached hydrogen (secondary N) is 3. The van der Waals surface area contributed by atoms with Gasteiger partial charge >= 0.3 is 17.9 Å². The number of likely N-dealkylation sites (tertiary alicyclic amines) is 4. The molecular weight excluding hydrogens is 1830 g/mol. The molecule has 9 aromatic rings. The maximum atomic E-state index is 13.4. The first-order valence-corrected chi connectivity index (χ1v) is 54.6. The van der Waals surface area contributed by atoms with Crippen molar-refractivity contribution in [3.63, 3.8) is 0 Å². The summed E-state index contributed by atoms with van der Waals surface area (Å²) < 4.78 is 110. The third-order valence-electron chi connectivity index (χ3n) is 26.8. The summed E-state index contributed by atoms with van der Waals surface area (Å²) >= 11 is 0. The van der Waals surface area contributed by atoms with Gasteiger partial charge in [0.1, 0.15) is 88.6 Å². The Bertz CT molecular complexity index is 6010. The fraction of sp³-hybridized carbons (Fsp3) is 0.571. The van der Waals surface area contributed by atoms with Gasteiger partial charge in [-0.25, -0.2) is 40.2 Å². The zero-order valence-electron chi connectivity index (χ0n) is 80.2. The first-order chi connectivity index (χ1) is 66.1. The first-order valence-electron chi connectivity index (χ1n) is 48.4. The van der Waals surface area contributed by atoms with Gasteiger partial charge in [0.2, 0.25) is 35.6 Å². The number of anilines is 3. The number of hydrogen-bond acceptors (Lipinski definition) is 30. The molecule has 6 N–H and O–H groups in total. The highest BCUT2D eigenvalue weighted by Gasteiger charge is 2.40. The lowest BCUT2D eigenvalue weighted by atomic mass is 9.85. The van der Waals surface area contributed by atoms with Crippen LogP contribution in [0.2, 0.25) is 0 Å². The SMILES string of the molecule is CN1CC(O)C[C@H]1C(=O)OC1CCN(C(=O)C2CCC(Nc3nccc(-n4ccc5c(OCCCS(C)(=O)=O)cccc54)n3)CC2)CC1.CS(=O)(=O)CCCOc1cccc2c1ccn2-c1ccnc(NC2CCC(C(=O)N3CCC(OC(=O)CN)CC3)CC2)n1.C[N+](C)(C)CCC(=O)OC1CCN(C(=O)C2CCC(Nc3nccc(-n4ccc5c(OCCCS(C)(=O)=O)cccc54)n3)CC2)CC1. The van der Waals surface area contributed by atoms with Crippen molar-refractivity contribution in [2.75, 3.05) is 159 Å². The van der Waals surface area contributed by atoms with Crippen LogP contribution in [0.25, 0.3) is 50.2 Å². The molecule has 0 bridgehead atoms. The molecule has 3 amide bonds. The highest BCUT2D eigenvalue weighted by molar-refractivity contribution is 7.91. The minimum Gasteiger partial charge on any atom is -0.493 e. The van der Waals surface area contributed by atoms with Gasteiger partial charge in [-0.05, 0) is 176 Å². The molecular formula is C98H135N18O19S3+. The quantitative estimate of drug-likeness (QED) is 0.0107. The predicted octanol–water partition coefficient (Wildman–Crippen LogP) is 9.34. The molecule has 748 valence electrons. The Balaban J connectivity index is 0.000000166. The van der Waals surface area contributed by atoms with Crippen molar-refractivity contribution in [2.45, 2.75) is 196 Å². The number of piperidine rings is 3. The van der Waals surface area contributed by atoms with Crippen molar-refractivity contribution in [3.05, 3.63) is 128 Å². The number of nitrogens with two attached hydrogens (primary N) is 1. The number of fused-ring (bicyclic) bond motifs is 3. The van der Waals surface area contributed by atoms with Gasteiger partial charge in [-0.3, -0.25) is 33.7 Å². The number of hydrogen-bond donors (Lipinski definition) is 5. The minimum atomic E-state index is -3.03. The van der Waals surface area contributed by atoms with Crippen molar-refractivity contribution in [1.29, 1.82) is 0 Å².